The van der Waals surface area contributed by atoms with Crippen LogP contribution in [0.4, 0.5) is 11.4 Å². The highest BCUT2D eigenvalue weighted by Crippen LogP contribution is 2.14. The van der Waals surface area contributed by atoms with Crippen molar-refractivity contribution in [2.24, 2.45) is 0 Å². The van der Waals surface area contributed by atoms with Gasteiger partial charge in [0.05, 0.1) is 10.8 Å². The highest BCUT2D eigenvalue weighted by Gasteiger charge is 2.08. The Morgan fingerprint density at radius 2 is 1.90 bits per heavy atom. The third kappa shape index (κ3) is 4.88. The second-order valence-electron chi connectivity index (χ2n) is 4.43. The number of carbonyl (C=O) groups is 1. The lowest BCUT2D eigenvalue weighted by Crippen LogP contribution is -2.15. The summed E-state index contributed by atoms with van der Waals surface area (Å²) < 4.78 is 12.0. The lowest BCUT2D eigenvalue weighted by molar-refractivity contribution is -0.115. The average Bonchev–Trinajstić information content (AvgIpc) is 2.45. The quantitative estimate of drug-likeness (QED) is 0.831. The summed E-state index contributed by atoms with van der Waals surface area (Å²) in [5.41, 5.74) is 6.85. The van der Waals surface area contributed by atoms with Crippen molar-refractivity contribution in [2.45, 2.75) is 11.3 Å². The molecule has 0 saturated carbocycles. The van der Waals surface area contributed by atoms with Gasteiger partial charge in [-0.3, -0.25) is 9.00 Å². The maximum atomic E-state index is 12.0. The topological polar surface area (TPSA) is 72.2 Å². The zero-order valence-corrected chi connectivity index (χ0v) is 12.8. The highest BCUT2D eigenvalue weighted by molar-refractivity contribution is 7.85. The molecule has 0 heterocycles. The van der Waals surface area contributed by atoms with Crippen molar-refractivity contribution in [2.75, 3.05) is 16.8 Å². The normalized spacial score (nSPS) is 11.9. The van der Waals surface area contributed by atoms with Gasteiger partial charge in [-0.2, -0.15) is 0 Å². The van der Waals surface area contributed by atoms with Crippen molar-refractivity contribution in [3.8, 4) is 0 Å². The molecule has 0 aliphatic carbocycles. The first-order chi connectivity index (χ1) is 10.0. The number of benzene rings is 2. The van der Waals surface area contributed by atoms with Gasteiger partial charge >= 0.3 is 0 Å². The van der Waals surface area contributed by atoms with Gasteiger partial charge in [0.25, 0.3) is 0 Å². The molecule has 0 spiro atoms. The monoisotopic (exact) mass is 322 g/mol. The lowest BCUT2D eigenvalue weighted by atomic mass is 10.3. The van der Waals surface area contributed by atoms with E-state index in [1.165, 1.54) is 0 Å². The minimum absolute atomic E-state index is 0.171. The summed E-state index contributed by atoms with van der Waals surface area (Å²) in [7, 11) is -1.22. The maximum Gasteiger partial charge on any atom is 0.225 e. The molecule has 0 radical (unpaired) electrons. The molecular weight excluding hydrogens is 308 g/mol. The fourth-order valence-corrected chi connectivity index (χ4v) is 2.90. The Hall–Kier alpha value is -1.85. The predicted octanol–water partition coefficient (Wildman–Crippen LogP) is 3.06. The minimum atomic E-state index is -1.22. The molecule has 21 heavy (non-hydrogen) atoms. The number of halogens is 1. The van der Waals surface area contributed by atoms with E-state index in [-0.39, 0.29) is 18.1 Å². The Morgan fingerprint density at radius 1 is 1.19 bits per heavy atom. The van der Waals surface area contributed by atoms with Crippen LogP contribution in [-0.4, -0.2) is 15.9 Å². The van der Waals surface area contributed by atoms with Crippen LogP contribution in [0.5, 0.6) is 0 Å². The Labute approximate surface area is 130 Å². The van der Waals surface area contributed by atoms with Crippen LogP contribution in [0.15, 0.2) is 53.4 Å². The van der Waals surface area contributed by atoms with Gasteiger partial charge in [0.1, 0.15) is 0 Å². The number of amides is 1. The van der Waals surface area contributed by atoms with E-state index in [4.69, 9.17) is 17.3 Å². The molecule has 0 fully saturated rings. The van der Waals surface area contributed by atoms with Crippen LogP contribution in [0.1, 0.15) is 6.42 Å². The molecule has 3 N–H and O–H groups in total. The molecular formula is C15H15ClN2O2S. The molecule has 1 atom stereocenters. The van der Waals surface area contributed by atoms with Gasteiger partial charge in [-0.15, -0.1) is 0 Å². The van der Waals surface area contributed by atoms with Crippen molar-refractivity contribution in [1.29, 1.82) is 0 Å². The van der Waals surface area contributed by atoms with Crippen LogP contribution in [0, 0.1) is 0 Å². The van der Waals surface area contributed by atoms with Crippen LogP contribution in [0.25, 0.3) is 0 Å². The van der Waals surface area contributed by atoms with Gasteiger partial charge in [0, 0.05) is 33.5 Å². The van der Waals surface area contributed by atoms with E-state index in [2.05, 4.69) is 5.32 Å². The standard InChI is InChI=1S/C15H15ClN2O2S/c16-11-4-6-14(7-5-11)21(20)9-8-15(19)18-13-3-1-2-12(17)10-13/h1-7,10H,8-9,17H2,(H,18,19). The van der Waals surface area contributed by atoms with Crippen molar-refractivity contribution >= 4 is 39.7 Å². The Morgan fingerprint density at radius 3 is 2.57 bits per heavy atom. The number of hydrogen-bond donors (Lipinski definition) is 2. The molecule has 110 valence electrons. The van der Waals surface area contributed by atoms with E-state index in [0.717, 1.165) is 0 Å². The van der Waals surface area contributed by atoms with Crippen molar-refractivity contribution in [3.63, 3.8) is 0 Å². The number of anilines is 2. The Kier molecular flexibility index (Phi) is 5.36. The fraction of sp³-hybridized carbons (Fsp3) is 0.133. The number of hydrogen-bond acceptors (Lipinski definition) is 3. The molecule has 0 saturated heterocycles. The summed E-state index contributed by atoms with van der Waals surface area (Å²) in [6, 6.07) is 13.7. The molecule has 6 heteroatoms. The molecule has 0 aliphatic heterocycles. The highest BCUT2D eigenvalue weighted by atomic mass is 35.5. The molecule has 1 amide bonds. The summed E-state index contributed by atoms with van der Waals surface area (Å²) in [5, 5.41) is 3.32. The van der Waals surface area contributed by atoms with Gasteiger partial charge in [-0.25, -0.2) is 0 Å². The summed E-state index contributed by atoms with van der Waals surface area (Å²) in [5.74, 6) is 0.0680. The van der Waals surface area contributed by atoms with E-state index in [1.807, 2.05) is 0 Å². The zero-order chi connectivity index (χ0) is 15.2. The molecule has 4 nitrogen and oxygen atoms in total. The smallest absolute Gasteiger partial charge is 0.225 e. The Bertz CT molecular complexity index is 659. The van der Waals surface area contributed by atoms with E-state index in [9.17, 15) is 9.00 Å². The van der Waals surface area contributed by atoms with Crippen molar-refractivity contribution < 1.29 is 9.00 Å². The summed E-state index contributed by atoms with van der Waals surface area (Å²) in [6.07, 6.45) is 0.171. The molecule has 2 rings (SSSR count). The predicted molar refractivity (Wildman–Crippen MR) is 86.8 cm³/mol. The van der Waals surface area contributed by atoms with E-state index in [0.29, 0.717) is 21.3 Å². The molecule has 0 bridgehead atoms. The number of nitrogens with two attached hydrogens (primary N) is 1. The third-order valence-corrected chi connectivity index (χ3v) is 4.39. The number of rotatable bonds is 5. The first-order valence-corrected chi connectivity index (χ1v) is 8.03. The molecule has 2 aromatic carbocycles. The average molecular weight is 323 g/mol. The summed E-state index contributed by atoms with van der Waals surface area (Å²) in [6.45, 7) is 0. The van der Waals surface area contributed by atoms with Gasteiger partial charge in [-0.1, -0.05) is 17.7 Å². The maximum absolute atomic E-state index is 12.0. The molecule has 1 unspecified atom stereocenters. The molecule has 2 aromatic rings. The number of nitrogen functional groups attached to an aromatic ring is 1. The summed E-state index contributed by atoms with van der Waals surface area (Å²) in [4.78, 5) is 12.5. The van der Waals surface area contributed by atoms with Crippen LogP contribution in [0.3, 0.4) is 0 Å². The third-order valence-electron chi connectivity index (χ3n) is 2.76. The van der Waals surface area contributed by atoms with Crippen LogP contribution >= 0.6 is 11.6 Å². The number of carbonyl (C=O) groups excluding carboxylic acids is 1. The Balaban J connectivity index is 1.86. The SMILES string of the molecule is Nc1cccc(NC(=O)CCS(=O)c2ccc(Cl)cc2)c1. The fourth-order valence-electron chi connectivity index (χ4n) is 1.73. The van der Waals surface area contributed by atoms with E-state index < -0.39 is 10.8 Å². The second-order valence-corrected chi connectivity index (χ2v) is 6.43. The van der Waals surface area contributed by atoms with E-state index >= 15 is 0 Å². The first-order valence-electron chi connectivity index (χ1n) is 6.34. The van der Waals surface area contributed by atoms with E-state index in [1.54, 1.807) is 48.5 Å². The van der Waals surface area contributed by atoms with Crippen molar-refractivity contribution in [3.05, 3.63) is 53.6 Å². The van der Waals surface area contributed by atoms with Gasteiger partial charge in [-0.05, 0) is 42.5 Å². The molecule has 0 aliphatic rings. The van der Waals surface area contributed by atoms with Gasteiger partial charge < -0.3 is 11.1 Å². The van der Waals surface area contributed by atoms with Crippen LogP contribution < -0.4 is 11.1 Å². The largest absolute Gasteiger partial charge is 0.399 e. The van der Waals surface area contributed by atoms with Crippen molar-refractivity contribution in [1.82, 2.24) is 0 Å². The van der Waals surface area contributed by atoms with Crippen LogP contribution in [0.2, 0.25) is 5.02 Å². The minimum Gasteiger partial charge on any atom is -0.399 e. The van der Waals surface area contributed by atoms with Gasteiger partial charge in [0.2, 0.25) is 5.91 Å². The molecule has 0 aromatic heterocycles. The summed E-state index contributed by atoms with van der Waals surface area (Å²) >= 11 is 5.77. The van der Waals surface area contributed by atoms with Crippen LogP contribution in [-0.2, 0) is 15.6 Å². The van der Waals surface area contributed by atoms with Gasteiger partial charge in [0.15, 0.2) is 0 Å². The number of nitrogens with one attached hydrogen (secondary N) is 1. The lowest BCUT2D eigenvalue weighted by Gasteiger charge is -2.06. The zero-order valence-electron chi connectivity index (χ0n) is 11.2. The first kappa shape index (κ1) is 15.5. The second kappa shape index (κ2) is 7.24.